The van der Waals surface area contributed by atoms with Crippen molar-refractivity contribution in [2.75, 3.05) is 13.1 Å². The monoisotopic (exact) mass is 436 g/mol. The van der Waals surface area contributed by atoms with Crippen molar-refractivity contribution in [2.24, 2.45) is 0 Å². The van der Waals surface area contributed by atoms with Gasteiger partial charge >= 0.3 is 0 Å². The number of benzene rings is 1. The molecule has 7 heteroatoms. The van der Waals surface area contributed by atoms with E-state index < -0.39 is 10.0 Å². The Kier molecular flexibility index (Phi) is 4.49. The molecule has 1 atom stereocenters. The Hall–Kier alpha value is -2.22. The highest BCUT2D eigenvalue weighted by molar-refractivity contribution is 7.90. The van der Waals surface area contributed by atoms with Crippen LogP contribution in [-0.2, 0) is 23.0 Å². The van der Waals surface area contributed by atoms with Gasteiger partial charge in [-0.1, -0.05) is 6.07 Å². The summed E-state index contributed by atoms with van der Waals surface area (Å²) in [7, 11) is -3.16. The van der Waals surface area contributed by atoms with Crippen LogP contribution in [0.25, 0.3) is 22.2 Å². The fourth-order valence-corrected chi connectivity index (χ4v) is 7.00. The molecule has 0 radical (unpaired) electrons. The Morgan fingerprint density at radius 2 is 2.00 bits per heavy atom. The summed E-state index contributed by atoms with van der Waals surface area (Å²) in [6, 6.07) is 7.05. The summed E-state index contributed by atoms with van der Waals surface area (Å²) in [5, 5.41) is 4.64. The quantitative estimate of drug-likeness (QED) is 0.652. The molecule has 6 rings (SSSR count). The first-order chi connectivity index (χ1) is 15.0. The lowest BCUT2D eigenvalue weighted by Gasteiger charge is -2.31. The second-order valence-corrected chi connectivity index (χ2v) is 11.5. The fourth-order valence-electron chi connectivity index (χ4n) is 5.19. The second-order valence-electron chi connectivity index (χ2n) is 9.27. The zero-order chi connectivity index (χ0) is 21.2. The topological polar surface area (TPSA) is 78.1 Å². The number of hydrogen-bond donors (Lipinski definition) is 2. The van der Waals surface area contributed by atoms with E-state index in [1.54, 1.807) is 4.31 Å². The maximum atomic E-state index is 12.9. The number of aromatic amines is 1. The van der Waals surface area contributed by atoms with Crippen LogP contribution in [0.3, 0.4) is 0 Å². The maximum absolute atomic E-state index is 12.9. The van der Waals surface area contributed by atoms with Crippen LogP contribution in [0.1, 0.15) is 54.0 Å². The molecule has 2 N–H and O–H groups in total. The number of hydrogen-bond acceptors (Lipinski definition) is 4. The molecule has 1 aliphatic carbocycles. The van der Waals surface area contributed by atoms with Gasteiger partial charge in [0.05, 0.1) is 5.25 Å². The number of aromatic nitrogens is 2. The number of fused-ring (bicyclic) bond motifs is 2. The number of nitrogens with zero attached hydrogens (tertiary/aromatic N) is 2. The standard InChI is InChI=1S/C24H28N4O2S/c1-15-12-26-24-20(15)11-18(13-27-24)17-9-16-6-8-28(31(29,30)19-4-5-19)14-22(16)21(10-17)23-3-2-7-25-23/h9-13,19,23,25H,2-8,14H2,1H3,(H,26,27). The van der Waals surface area contributed by atoms with Gasteiger partial charge in [-0.2, -0.15) is 4.31 Å². The molecule has 3 aliphatic rings. The molecule has 31 heavy (non-hydrogen) atoms. The summed E-state index contributed by atoms with van der Waals surface area (Å²) in [5.41, 5.74) is 8.17. The van der Waals surface area contributed by atoms with Crippen molar-refractivity contribution in [3.05, 3.63) is 52.8 Å². The number of pyridine rings is 1. The predicted octanol–water partition coefficient (Wildman–Crippen LogP) is 3.81. The summed E-state index contributed by atoms with van der Waals surface area (Å²) in [6.07, 6.45) is 8.60. The molecule has 0 spiro atoms. The zero-order valence-corrected chi connectivity index (χ0v) is 18.6. The summed E-state index contributed by atoms with van der Waals surface area (Å²) >= 11 is 0. The van der Waals surface area contributed by atoms with E-state index in [2.05, 4.69) is 40.4 Å². The van der Waals surface area contributed by atoms with Gasteiger partial charge in [-0.25, -0.2) is 13.4 Å². The summed E-state index contributed by atoms with van der Waals surface area (Å²) in [5.74, 6) is 0. The van der Waals surface area contributed by atoms with Crippen molar-refractivity contribution in [1.82, 2.24) is 19.6 Å². The van der Waals surface area contributed by atoms with Crippen LogP contribution in [0.4, 0.5) is 0 Å². The molecular weight excluding hydrogens is 408 g/mol. The van der Waals surface area contributed by atoms with E-state index in [0.29, 0.717) is 19.1 Å². The average molecular weight is 437 g/mol. The fraction of sp³-hybridized carbons (Fsp3) is 0.458. The van der Waals surface area contributed by atoms with Crippen LogP contribution in [0.15, 0.2) is 30.6 Å². The molecule has 0 bridgehead atoms. The van der Waals surface area contributed by atoms with Gasteiger partial charge in [0.25, 0.3) is 0 Å². The smallest absolute Gasteiger partial charge is 0.217 e. The van der Waals surface area contributed by atoms with E-state index in [-0.39, 0.29) is 5.25 Å². The maximum Gasteiger partial charge on any atom is 0.217 e. The first-order valence-corrected chi connectivity index (χ1v) is 12.8. The Balaban J connectivity index is 1.45. The van der Waals surface area contributed by atoms with Crippen molar-refractivity contribution in [1.29, 1.82) is 0 Å². The van der Waals surface area contributed by atoms with Crippen LogP contribution in [0.5, 0.6) is 0 Å². The third-order valence-electron chi connectivity index (χ3n) is 7.15. The molecule has 4 heterocycles. The first kappa shape index (κ1) is 19.5. The number of nitrogens with one attached hydrogen (secondary N) is 2. The zero-order valence-electron chi connectivity index (χ0n) is 17.8. The van der Waals surface area contributed by atoms with Gasteiger partial charge in [0.15, 0.2) is 0 Å². The van der Waals surface area contributed by atoms with Crippen LogP contribution in [0, 0.1) is 6.92 Å². The summed E-state index contributed by atoms with van der Waals surface area (Å²) in [4.78, 5) is 7.85. The van der Waals surface area contributed by atoms with Gasteiger partial charge in [0, 0.05) is 42.5 Å². The lowest BCUT2D eigenvalue weighted by Crippen LogP contribution is -2.38. The Labute approximate surface area is 183 Å². The molecule has 1 saturated heterocycles. The van der Waals surface area contributed by atoms with E-state index in [0.717, 1.165) is 55.2 Å². The largest absolute Gasteiger partial charge is 0.346 e. The Bertz CT molecular complexity index is 1270. The highest BCUT2D eigenvalue weighted by Crippen LogP contribution is 2.39. The first-order valence-electron chi connectivity index (χ1n) is 11.3. The van der Waals surface area contributed by atoms with Crippen LogP contribution < -0.4 is 5.32 Å². The summed E-state index contributed by atoms with van der Waals surface area (Å²) in [6.45, 7) is 4.21. The molecule has 1 saturated carbocycles. The number of H-pyrrole nitrogens is 1. The molecule has 3 aromatic rings. The SMILES string of the molecule is Cc1c[nH]c2ncc(-c3cc4c(c(C5CCCN5)c3)CN(S(=O)(=O)C3CC3)CC4)cc12. The van der Waals surface area contributed by atoms with Gasteiger partial charge in [-0.05, 0) is 85.5 Å². The van der Waals surface area contributed by atoms with E-state index >= 15 is 0 Å². The molecule has 2 aliphatic heterocycles. The molecular formula is C24H28N4O2S. The van der Waals surface area contributed by atoms with Crippen LogP contribution >= 0.6 is 0 Å². The van der Waals surface area contributed by atoms with E-state index in [9.17, 15) is 8.42 Å². The molecule has 2 fully saturated rings. The molecule has 2 aromatic heterocycles. The minimum Gasteiger partial charge on any atom is -0.346 e. The molecule has 162 valence electrons. The van der Waals surface area contributed by atoms with Crippen LogP contribution in [0.2, 0.25) is 0 Å². The van der Waals surface area contributed by atoms with Crippen LogP contribution in [-0.4, -0.2) is 41.0 Å². The predicted molar refractivity (Wildman–Crippen MR) is 122 cm³/mol. The third kappa shape index (κ3) is 3.30. The molecule has 1 unspecified atom stereocenters. The molecule has 0 amide bonds. The van der Waals surface area contributed by atoms with Gasteiger partial charge < -0.3 is 10.3 Å². The number of aryl methyl sites for hydroxylation is 1. The minimum atomic E-state index is -3.16. The average Bonchev–Trinajstić information content (AvgIpc) is 3.40. The van der Waals surface area contributed by atoms with Gasteiger partial charge in [-0.3, -0.25) is 0 Å². The van der Waals surface area contributed by atoms with E-state index in [1.807, 2.05) is 12.4 Å². The van der Waals surface area contributed by atoms with E-state index in [1.165, 1.54) is 27.8 Å². The minimum absolute atomic E-state index is 0.149. The second kappa shape index (κ2) is 7.15. The van der Waals surface area contributed by atoms with Gasteiger partial charge in [-0.15, -0.1) is 0 Å². The molecule has 6 nitrogen and oxygen atoms in total. The van der Waals surface area contributed by atoms with Crippen molar-refractivity contribution in [2.45, 2.75) is 56.9 Å². The molecule has 1 aromatic carbocycles. The van der Waals surface area contributed by atoms with Crippen molar-refractivity contribution in [3.8, 4) is 11.1 Å². The highest BCUT2D eigenvalue weighted by atomic mass is 32.2. The number of rotatable bonds is 4. The number of sulfonamides is 1. The normalized spacial score (nSPS) is 22.2. The van der Waals surface area contributed by atoms with Crippen molar-refractivity contribution < 1.29 is 8.42 Å². The lowest BCUT2D eigenvalue weighted by molar-refractivity contribution is 0.387. The Morgan fingerprint density at radius 3 is 2.77 bits per heavy atom. The highest BCUT2D eigenvalue weighted by Gasteiger charge is 2.41. The van der Waals surface area contributed by atoms with Gasteiger partial charge in [0.1, 0.15) is 5.65 Å². The van der Waals surface area contributed by atoms with E-state index in [4.69, 9.17) is 0 Å². The Morgan fingerprint density at radius 1 is 1.13 bits per heavy atom. The third-order valence-corrected chi connectivity index (χ3v) is 9.50. The van der Waals surface area contributed by atoms with Gasteiger partial charge in [0.2, 0.25) is 10.0 Å². The van der Waals surface area contributed by atoms with Crippen molar-refractivity contribution >= 4 is 21.1 Å². The summed E-state index contributed by atoms with van der Waals surface area (Å²) < 4.78 is 27.6. The van der Waals surface area contributed by atoms with Crippen molar-refractivity contribution in [3.63, 3.8) is 0 Å². The lowest BCUT2D eigenvalue weighted by atomic mass is 9.87.